The first-order chi connectivity index (χ1) is 8.97. The van der Waals surface area contributed by atoms with Crippen molar-refractivity contribution in [2.24, 2.45) is 0 Å². The molecule has 0 aliphatic carbocycles. The van der Waals surface area contributed by atoms with Crippen LogP contribution in [0.15, 0.2) is 30.3 Å². The van der Waals surface area contributed by atoms with Gasteiger partial charge in [-0.15, -0.1) is 5.10 Å². The predicted octanol–water partition coefficient (Wildman–Crippen LogP) is 1.96. The minimum atomic E-state index is -3.15. The van der Waals surface area contributed by atoms with Gasteiger partial charge >= 0.3 is 0 Å². The molecule has 1 aliphatic rings. The maximum absolute atomic E-state index is 13.9. The molecule has 19 heavy (non-hydrogen) atoms. The van der Waals surface area contributed by atoms with Crippen molar-refractivity contribution < 1.29 is 13.2 Å². The quantitative estimate of drug-likeness (QED) is 0.777. The molecule has 3 nitrogen and oxygen atoms in total. The lowest BCUT2D eigenvalue weighted by Gasteiger charge is -2.12. The smallest absolute Gasteiger partial charge is 0.239 e. The van der Waals surface area contributed by atoms with Crippen LogP contribution in [-0.4, -0.2) is 22.6 Å². The van der Waals surface area contributed by atoms with Gasteiger partial charge in [-0.1, -0.05) is 30.3 Å². The van der Waals surface area contributed by atoms with Crippen LogP contribution in [0.25, 0.3) is 0 Å². The first-order valence-electron chi connectivity index (χ1n) is 6.00. The number of fused-ring (bicyclic) bond motifs is 1. The van der Waals surface area contributed by atoms with Crippen molar-refractivity contribution in [3.63, 3.8) is 0 Å². The van der Waals surface area contributed by atoms with Crippen LogP contribution in [0.2, 0.25) is 0 Å². The number of aromatic nitrogens is 3. The fraction of sp³-hybridized carbons (Fsp3) is 0.333. The molecule has 1 aromatic heterocycles. The molecule has 0 fully saturated rings. The lowest BCUT2D eigenvalue weighted by molar-refractivity contribution is 0.0826. The molecule has 0 radical (unpaired) electrons. The van der Waals surface area contributed by atoms with E-state index in [2.05, 4.69) is 10.1 Å². The third-order valence-electron chi connectivity index (χ3n) is 3.24. The summed E-state index contributed by atoms with van der Waals surface area (Å²) in [5.41, 5.74) is 0.847. The number of alkyl halides is 3. The molecule has 0 bridgehead atoms. The molecule has 0 saturated carbocycles. The van der Waals surface area contributed by atoms with Crippen molar-refractivity contribution >= 4 is 7.85 Å². The molecule has 0 spiro atoms. The zero-order valence-corrected chi connectivity index (χ0v) is 10.2. The summed E-state index contributed by atoms with van der Waals surface area (Å²) in [6.07, 6.45) is -1.16. The van der Waals surface area contributed by atoms with Crippen LogP contribution < -0.4 is 0 Å². The third-order valence-corrected chi connectivity index (χ3v) is 3.24. The van der Waals surface area contributed by atoms with E-state index in [0.717, 1.165) is 5.56 Å². The standard InChI is InChI=1S/C12H11BF3N3/c13-12(15,16)11-17-10-8(14)6-9(19(10)18-11)7-4-2-1-3-5-7/h1-5,8-9H,6,13H2. The van der Waals surface area contributed by atoms with Gasteiger partial charge in [-0.2, -0.15) is 0 Å². The minimum absolute atomic E-state index is 0.00891. The Bertz CT molecular complexity index is 594. The maximum Gasteiger partial charge on any atom is 0.265 e. The van der Waals surface area contributed by atoms with E-state index >= 15 is 0 Å². The normalized spacial score (nSPS) is 22.5. The number of halogens is 3. The van der Waals surface area contributed by atoms with E-state index in [1.807, 2.05) is 30.3 Å². The number of hydrogen-bond donors (Lipinski definition) is 0. The van der Waals surface area contributed by atoms with Crippen LogP contribution in [0.4, 0.5) is 13.2 Å². The van der Waals surface area contributed by atoms with Gasteiger partial charge in [0.1, 0.15) is 0 Å². The van der Waals surface area contributed by atoms with E-state index in [4.69, 9.17) is 0 Å². The molecule has 0 amide bonds. The minimum Gasteiger partial charge on any atom is -0.239 e. The Labute approximate surface area is 108 Å². The summed E-state index contributed by atoms with van der Waals surface area (Å²) >= 11 is 0. The number of benzene rings is 1. The molecule has 2 atom stereocenters. The lowest BCUT2D eigenvalue weighted by Crippen LogP contribution is -2.17. The number of nitrogens with zero attached hydrogens (tertiary/aromatic N) is 3. The fourth-order valence-corrected chi connectivity index (χ4v) is 2.32. The molecule has 98 valence electrons. The van der Waals surface area contributed by atoms with Gasteiger partial charge in [0, 0.05) is 6.42 Å². The molecule has 0 N–H and O–H groups in total. The highest BCUT2D eigenvalue weighted by atomic mass is 19.3. The molecule has 2 aromatic rings. The van der Waals surface area contributed by atoms with Crippen LogP contribution in [0.3, 0.4) is 0 Å². The Morgan fingerprint density at radius 3 is 2.58 bits per heavy atom. The van der Waals surface area contributed by atoms with Gasteiger partial charge in [0.2, 0.25) is 13.7 Å². The van der Waals surface area contributed by atoms with E-state index < -0.39 is 17.8 Å². The third kappa shape index (κ3) is 2.03. The van der Waals surface area contributed by atoms with Crippen molar-refractivity contribution in [2.75, 3.05) is 0 Å². The number of rotatable bonds is 2. The second kappa shape index (κ2) is 4.11. The molecule has 1 aliphatic heterocycles. The van der Waals surface area contributed by atoms with Gasteiger partial charge in [0.05, 0.1) is 6.04 Å². The number of hydrogen-bond acceptors (Lipinski definition) is 2. The van der Waals surface area contributed by atoms with Gasteiger partial charge in [0.15, 0.2) is 12.0 Å². The summed E-state index contributed by atoms with van der Waals surface area (Å²) in [5, 5.41) is 3.79. The van der Waals surface area contributed by atoms with Crippen molar-refractivity contribution in [3.8, 4) is 0 Å². The van der Waals surface area contributed by atoms with E-state index in [1.54, 1.807) is 0 Å². The predicted molar refractivity (Wildman–Crippen MR) is 65.5 cm³/mol. The fourth-order valence-electron chi connectivity index (χ4n) is 2.32. The zero-order chi connectivity index (χ0) is 13.6. The molecular formula is C12H11BF3N3. The topological polar surface area (TPSA) is 30.7 Å². The van der Waals surface area contributed by atoms with E-state index in [9.17, 15) is 13.2 Å². The Hall–Kier alpha value is -1.79. The summed E-state index contributed by atoms with van der Waals surface area (Å²) in [4.78, 5) is 3.65. The SMILES string of the molecule is BC(F)(F)c1nc2n(n1)C(c1ccccc1)CC2F. The van der Waals surface area contributed by atoms with Gasteiger partial charge in [-0.25, -0.2) is 22.8 Å². The summed E-state index contributed by atoms with van der Waals surface area (Å²) in [6, 6.07) is 8.80. The summed E-state index contributed by atoms with van der Waals surface area (Å²) < 4.78 is 41.6. The Kier molecular flexibility index (Phi) is 2.65. The first-order valence-corrected chi connectivity index (χ1v) is 6.00. The lowest BCUT2D eigenvalue weighted by atomic mass is 9.98. The summed E-state index contributed by atoms with van der Waals surface area (Å²) in [5.74, 6) is -3.78. The summed E-state index contributed by atoms with van der Waals surface area (Å²) in [7, 11) is 0.711. The molecule has 0 saturated heterocycles. The second-order valence-corrected chi connectivity index (χ2v) is 4.76. The first kappa shape index (κ1) is 12.3. The van der Waals surface area contributed by atoms with E-state index in [0.29, 0.717) is 7.85 Å². The van der Waals surface area contributed by atoms with Crippen LogP contribution in [0.5, 0.6) is 0 Å². The molecular weight excluding hydrogens is 254 g/mol. The molecule has 2 heterocycles. The average molecular weight is 265 g/mol. The van der Waals surface area contributed by atoms with Crippen molar-refractivity contribution in [1.29, 1.82) is 0 Å². The zero-order valence-electron chi connectivity index (χ0n) is 10.2. The van der Waals surface area contributed by atoms with Gasteiger partial charge in [-0.3, -0.25) is 0 Å². The van der Waals surface area contributed by atoms with Gasteiger partial charge < -0.3 is 0 Å². The largest absolute Gasteiger partial charge is 0.265 e. The van der Waals surface area contributed by atoms with Crippen molar-refractivity contribution in [3.05, 3.63) is 47.5 Å². The van der Waals surface area contributed by atoms with Crippen LogP contribution in [-0.2, 0) is 5.82 Å². The average Bonchev–Trinajstić information content (AvgIpc) is 2.91. The highest BCUT2D eigenvalue weighted by Gasteiger charge is 2.39. The second-order valence-electron chi connectivity index (χ2n) is 4.76. The van der Waals surface area contributed by atoms with Crippen molar-refractivity contribution in [1.82, 2.24) is 14.8 Å². The van der Waals surface area contributed by atoms with Gasteiger partial charge in [-0.05, 0) is 5.56 Å². The Balaban J connectivity index is 2.04. The Morgan fingerprint density at radius 1 is 1.26 bits per heavy atom. The van der Waals surface area contributed by atoms with E-state index in [1.165, 1.54) is 4.68 Å². The molecule has 7 heteroatoms. The monoisotopic (exact) mass is 265 g/mol. The molecule has 2 unspecified atom stereocenters. The molecule has 3 rings (SSSR count). The van der Waals surface area contributed by atoms with Crippen LogP contribution in [0, 0.1) is 0 Å². The highest BCUT2D eigenvalue weighted by Crippen LogP contribution is 2.40. The molecule has 1 aromatic carbocycles. The Morgan fingerprint density at radius 2 is 1.95 bits per heavy atom. The summed E-state index contributed by atoms with van der Waals surface area (Å²) in [6.45, 7) is 0. The van der Waals surface area contributed by atoms with Crippen LogP contribution >= 0.6 is 0 Å². The van der Waals surface area contributed by atoms with Crippen molar-refractivity contribution in [2.45, 2.75) is 24.5 Å². The van der Waals surface area contributed by atoms with Crippen LogP contribution in [0.1, 0.15) is 35.8 Å². The maximum atomic E-state index is 13.9. The highest BCUT2D eigenvalue weighted by molar-refractivity contribution is 6.12. The van der Waals surface area contributed by atoms with Gasteiger partial charge in [0.25, 0.3) is 5.82 Å². The van der Waals surface area contributed by atoms with E-state index in [-0.39, 0.29) is 18.3 Å².